The number of hydrogen-bond donors (Lipinski definition) is 1. The molecule has 4 nitrogen and oxygen atoms in total. The first-order valence-electron chi connectivity index (χ1n) is 5.33. The predicted molar refractivity (Wildman–Crippen MR) is 62.3 cm³/mol. The second-order valence-corrected chi connectivity index (χ2v) is 4.25. The van der Waals surface area contributed by atoms with Crippen LogP contribution in [0.3, 0.4) is 0 Å². The minimum Gasteiger partial charge on any atom is -0.478 e. The zero-order valence-corrected chi connectivity index (χ0v) is 9.57. The monoisotopic (exact) mass is 240 g/mol. The van der Waals surface area contributed by atoms with Crippen LogP contribution in [0.25, 0.3) is 0 Å². The molecule has 86 valence electrons. The third kappa shape index (κ3) is 2.27. The van der Waals surface area contributed by atoms with Crippen LogP contribution in [0.5, 0.6) is 0 Å². The Morgan fingerprint density at radius 2 is 2.00 bits per heavy atom. The van der Waals surface area contributed by atoms with Gasteiger partial charge in [0.25, 0.3) is 0 Å². The molecule has 0 saturated carbocycles. The number of aromatic nitrogens is 1. The summed E-state index contributed by atoms with van der Waals surface area (Å²) in [5.74, 6) is -0.454. The Balaban J connectivity index is 2.36. The van der Waals surface area contributed by atoms with Gasteiger partial charge in [-0.25, -0.2) is 9.78 Å². The summed E-state index contributed by atoms with van der Waals surface area (Å²) in [6.07, 6.45) is 3.35. The number of rotatable bonds is 2. The summed E-state index contributed by atoms with van der Waals surface area (Å²) in [6, 6.07) is 3.03. The Bertz CT molecular complexity index is 403. The molecule has 1 aliphatic heterocycles. The van der Waals surface area contributed by atoms with Crippen LogP contribution in [-0.2, 0) is 0 Å². The van der Waals surface area contributed by atoms with Gasteiger partial charge < -0.3 is 10.0 Å². The van der Waals surface area contributed by atoms with E-state index in [-0.39, 0.29) is 5.56 Å². The fourth-order valence-electron chi connectivity index (χ4n) is 1.94. The second-order valence-electron chi connectivity index (χ2n) is 3.86. The molecule has 0 aromatic carbocycles. The van der Waals surface area contributed by atoms with Gasteiger partial charge in [0.1, 0.15) is 16.5 Å². The number of piperidine rings is 1. The summed E-state index contributed by atoms with van der Waals surface area (Å²) in [5, 5.41) is 9.42. The molecular weight excluding hydrogens is 228 g/mol. The molecule has 1 fully saturated rings. The van der Waals surface area contributed by atoms with Gasteiger partial charge in [-0.2, -0.15) is 0 Å². The van der Waals surface area contributed by atoms with Gasteiger partial charge in [0.2, 0.25) is 0 Å². The standard InChI is InChI=1S/C11H13ClN2O2/c12-9-5-4-8(11(15)16)10(13-9)14-6-2-1-3-7-14/h4-5H,1-3,6-7H2,(H,15,16). The Morgan fingerprint density at radius 1 is 1.31 bits per heavy atom. The quantitative estimate of drug-likeness (QED) is 0.807. The van der Waals surface area contributed by atoms with Crippen molar-refractivity contribution in [3.63, 3.8) is 0 Å². The maximum atomic E-state index is 11.1. The highest BCUT2D eigenvalue weighted by molar-refractivity contribution is 6.29. The van der Waals surface area contributed by atoms with Crippen molar-refractivity contribution in [2.75, 3.05) is 18.0 Å². The van der Waals surface area contributed by atoms with Crippen LogP contribution >= 0.6 is 11.6 Å². The highest BCUT2D eigenvalue weighted by Gasteiger charge is 2.19. The van der Waals surface area contributed by atoms with Crippen molar-refractivity contribution in [2.24, 2.45) is 0 Å². The summed E-state index contributed by atoms with van der Waals surface area (Å²) < 4.78 is 0. The molecule has 5 heteroatoms. The molecule has 0 spiro atoms. The van der Waals surface area contributed by atoms with Gasteiger partial charge in [-0.05, 0) is 31.4 Å². The zero-order valence-electron chi connectivity index (χ0n) is 8.82. The van der Waals surface area contributed by atoms with E-state index in [9.17, 15) is 4.79 Å². The molecule has 1 aromatic heterocycles. The SMILES string of the molecule is O=C(O)c1ccc(Cl)nc1N1CCCCC1. The van der Waals surface area contributed by atoms with E-state index in [1.807, 2.05) is 4.90 Å². The largest absolute Gasteiger partial charge is 0.478 e. The van der Waals surface area contributed by atoms with Gasteiger partial charge in [0.15, 0.2) is 0 Å². The van der Waals surface area contributed by atoms with Crippen LogP contribution < -0.4 is 4.90 Å². The lowest BCUT2D eigenvalue weighted by atomic mass is 10.1. The number of nitrogens with zero attached hydrogens (tertiary/aromatic N) is 2. The average molecular weight is 241 g/mol. The summed E-state index contributed by atoms with van der Waals surface area (Å²) in [7, 11) is 0. The van der Waals surface area contributed by atoms with Gasteiger partial charge in [-0.3, -0.25) is 0 Å². The van der Waals surface area contributed by atoms with E-state index in [1.165, 1.54) is 18.6 Å². The molecule has 1 aromatic rings. The molecule has 2 heterocycles. The van der Waals surface area contributed by atoms with Gasteiger partial charge >= 0.3 is 5.97 Å². The molecule has 0 unspecified atom stereocenters. The van der Waals surface area contributed by atoms with E-state index in [2.05, 4.69) is 4.98 Å². The Kier molecular flexibility index (Phi) is 3.29. The smallest absolute Gasteiger partial charge is 0.339 e. The highest BCUT2D eigenvalue weighted by Crippen LogP contribution is 2.24. The first-order valence-corrected chi connectivity index (χ1v) is 5.71. The number of carbonyl (C=O) groups is 1. The number of aromatic carboxylic acids is 1. The molecule has 0 aliphatic carbocycles. The summed E-state index contributed by atoms with van der Waals surface area (Å²) >= 11 is 5.81. The van der Waals surface area contributed by atoms with Crippen LogP contribution in [0.4, 0.5) is 5.82 Å². The fraction of sp³-hybridized carbons (Fsp3) is 0.455. The van der Waals surface area contributed by atoms with E-state index in [0.717, 1.165) is 25.9 Å². The minimum absolute atomic E-state index is 0.228. The Labute approximate surface area is 98.9 Å². The van der Waals surface area contributed by atoms with Crippen molar-refractivity contribution in [2.45, 2.75) is 19.3 Å². The van der Waals surface area contributed by atoms with Crippen molar-refractivity contribution in [1.29, 1.82) is 0 Å². The van der Waals surface area contributed by atoms with E-state index in [4.69, 9.17) is 16.7 Å². The lowest BCUT2D eigenvalue weighted by molar-refractivity contribution is 0.0697. The molecular formula is C11H13ClN2O2. The number of anilines is 1. The van der Waals surface area contributed by atoms with Crippen LogP contribution in [-0.4, -0.2) is 29.1 Å². The fourth-order valence-corrected chi connectivity index (χ4v) is 2.08. The van der Waals surface area contributed by atoms with E-state index in [0.29, 0.717) is 11.0 Å². The van der Waals surface area contributed by atoms with Gasteiger partial charge in [-0.15, -0.1) is 0 Å². The number of halogens is 1. The zero-order chi connectivity index (χ0) is 11.5. The first-order chi connectivity index (χ1) is 7.68. The predicted octanol–water partition coefficient (Wildman–Crippen LogP) is 2.42. The van der Waals surface area contributed by atoms with Gasteiger partial charge in [-0.1, -0.05) is 11.6 Å². The Morgan fingerprint density at radius 3 is 2.62 bits per heavy atom. The third-order valence-corrected chi connectivity index (χ3v) is 2.94. The maximum absolute atomic E-state index is 11.1. The third-order valence-electron chi connectivity index (χ3n) is 2.73. The van der Waals surface area contributed by atoms with Crippen LogP contribution in [0.2, 0.25) is 5.15 Å². The lowest BCUT2D eigenvalue weighted by Crippen LogP contribution is -2.31. The van der Waals surface area contributed by atoms with E-state index >= 15 is 0 Å². The number of carboxylic acids is 1. The average Bonchev–Trinajstić information content (AvgIpc) is 2.29. The Hall–Kier alpha value is -1.29. The van der Waals surface area contributed by atoms with Crippen LogP contribution in [0.1, 0.15) is 29.6 Å². The molecule has 1 aliphatic rings. The molecule has 1 N–H and O–H groups in total. The number of carboxylic acid groups (broad SMARTS) is 1. The van der Waals surface area contributed by atoms with Crippen molar-refractivity contribution in [1.82, 2.24) is 4.98 Å². The molecule has 0 amide bonds. The van der Waals surface area contributed by atoms with Crippen LogP contribution in [0.15, 0.2) is 12.1 Å². The molecule has 1 saturated heterocycles. The molecule has 0 atom stereocenters. The number of hydrogen-bond acceptors (Lipinski definition) is 3. The van der Waals surface area contributed by atoms with Crippen molar-refractivity contribution in [3.8, 4) is 0 Å². The normalized spacial score (nSPS) is 16.2. The van der Waals surface area contributed by atoms with E-state index in [1.54, 1.807) is 0 Å². The van der Waals surface area contributed by atoms with Crippen molar-refractivity contribution < 1.29 is 9.90 Å². The molecule has 2 rings (SSSR count). The summed E-state index contributed by atoms with van der Waals surface area (Å²) in [4.78, 5) is 17.2. The maximum Gasteiger partial charge on any atom is 0.339 e. The van der Waals surface area contributed by atoms with Crippen molar-refractivity contribution >= 4 is 23.4 Å². The van der Waals surface area contributed by atoms with Crippen molar-refractivity contribution in [3.05, 3.63) is 22.8 Å². The van der Waals surface area contributed by atoms with Gasteiger partial charge in [0, 0.05) is 13.1 Å². The van der Waals surface area contributed by atoms with Crippen LogP contribution in [0, 0.1) is 0 Å². The number of pyridine rings is 1. The van der Waals surface area contributed by atoms with E-state index < -0.39 is 5.97 Å². The lowest BCUT2D eigenvalue weighted by Gasteiger charge is -2.28. The molecule has 0 radical (unpaired) electrons. The highest BCUT2D eigenvalue weighted by atomic mass is 35.5. The van der Waals surface area contributed by atoms with Gasteiger partial charge in [0.05, 0.1) is 0 Å². The second kappa shape index (κ2) is 4.70. The topological polar surface area (TPSA) is 53.4 Å². The molecule has 0 bridgehead atoms. The summed E-state index contributed by atoms with van der Waals surface area (Å²) in [5.41, 5.74) is 0.228. The summed E-state index contributed by atoms with van der Waals surface area (Å²) in [6.45, 7) is 1.71. The first kappa shape index (κ1) is 11.2. The minimum atomic E-state index is -0.954. The molecule has 16 heavy (non-hydrogen) atoms.